The molecular weight excluding hydrogens is 262 g/mol. The molecule has 0 spiro atoms. The molecule has 2 aliphatic heterocycles. The first-order chi connectivity index (χ1) is 9.58. The van der Waals surface area contributed by atoms with Crippen molar-refractivity contribution in [1.29, 1.82) is 0 Å². The second kappa shape index (κ2) is 5.01. The van der Waals surface area contributed by atoms with Crippen LogP contribution in [0.15, 0.2) is 12.2 Å². The fourth-order valence-electron chi connectivity index (χ4n) is 3.27. The van der Waals surface area contributed by atoms with Crippen LogP contribution in [0.3, 0.4) is 0 Å². The van der Waals surface area contributed by atoms with Gasteiger partial charge in [-0.05, 0) is 25.7 Å². The minimum atomic E-state index is -0.982. The number of likely N-dealkylation sites (tertiary alicyclic amines) is 1. The van der Waals surface area contributed by atoms with Crippen molar-refractivity contribution in [3.8, 4) is 0 Å². The van der Waals surface area contributed by atoms with E-state index in [2.05, 4.69) is 0 Å². The first kappa shape index (κ1) is 13.3. The monoisotopic (exact) mass is 279 g/mol. The average molecular weight is 279 g/mol. The Hall–Kier alpha value is -1.69. The van der Waals surface area contributed by atoms with Gasteiger partial charge in [0, 0.05) is 0 Å². The zero-order chi connectivity index (χ0) is 14.3. The van der Waals surface area contributed by atoms with Gasteiger partial charge in [-0.3, -0.25) is 14.5 Å². The van der Waals surface area contributed by atoms with E-state index < -0.39 is 12.1 Å². The van der Waals surface area contributed by atoms with Crippen LogP contribution in [0.2, 0.25) is 0 Å². The zero-order valence-electron chi connectivity index (χ0n) is 11.0. The van der Waals surface area contributed by atoms with Crippen LogP contribution in [0.25, 0.3) is 0 Å². The van der Waals surface area contributed by atoms with Gasteiger partial charge in [0.05, 0.1) is 24.5 Å². The lowest BCUT2D eigenvalue weighted by Crippen LogP contribution is -2.38. The minimum absolute atomic E-state index is 0.133. The maximum absolute atomic E-state index is 12.3. The maximum Gasteiger partial charge on any atom is 0.332 e. The number of ether oxygens (including phenoxy) is 1. The number of carbonyl (C=O) groups excluding carboxylic acids is 2. The lowest BCUT2D eigenvalue weighted by Gasteiger charge is -2.19. The summed E-state index contributed by atoms with van der Waals surface area (Å²) in [5.41, 5.74) is 0. The van der Waals surface area contributed by atoms with Gasteiger partial charge in [-0.15, -0.1) is 0 Å². The Morgan fingerprint density at radius 2 is 1.80 bits per heavy atom. The van der Waals surface area contributed by atoms with Crippen molar-refractivity contribution in [3.63, 3.8) is 0 Å². The van der Waals surface area contributed by atoms with Crippen LogP contribution in [0.5, 0.6) is 0 Å². The molecule has 2 fully saturated rings. The Morgan fingerprint density at radius 1 is 1.20 bits per heavy atom. The summed E-state index contributed by atoms with van der Waals surface area (Å²) in [6.07, 6.45) is 4.98. The van der Waals surface area contributed by atoms with Gasteiger partial charge >= 0.3 is 5.97 Å². The summed E-state index contributed by atoms with van der Waals surface area (Å²) in [6.45, 7) is 0.189. The van der Waals surface area contributed by atoms with Crippen LogP contribution in [0, 0.1) is 11.8 Å². The highest BCUT2D eigenvalue weighted by Crippen LogP contribution is 2.35. The van der Waals surface area contributed by atoms with Crippen molar-refractivity contribution in [2.24, 2.45) is 11.8 Å². The van der Waals surface area contributed by atoms with E-state index in [1.807, 2.05) is 12.2 Å². The Kier molecular flexibility index (Phi) is 3.33. The molecule has 2 amide bonds. The summed E-state index contributed by atoms with van der Waals surface area (Å²) in [4.78, 5) is 36.6. The number of fused-ring (bicyclic) bond motifs is 1. The van der Waals surface area contributed by atoms with Crippen LogP contribution in [-0.2, 0) is 19.1 Å². The summed E-state index contributed by atoms with van der Waals surface area (Å²) in [5, 5.41) is 8.88. The smallest absolute Gasteiger partial charge is 0.332 e. The molecule has 0 radical (unpaired) electrons. The highest BCUT2D eigenvalue weighted by atomic mass is 16.5. The molecule has 0 bridgehead atoms. The Morgan fingerprint density at radius 3 is 2.30 bits per heavy atom. The number of hydrogen-bond donors (Lipinski definition) is 1. The number of rotatable bonds is 3. The molecule has 4 atom stereocenters. The standard InChI is InChI=1S/C14H17NO5/c16-12-9-3-1-2-4-10(9)13(17)15(12)7-8-5-6-11(20-8)14(18)19/h1-2,8-11H,3-7H2,(H,18,19)/t8?,9-,10+,11?. The number of aliphatic carboxylic acids is 1. The van der Waals surface area contributed by atoms with Gasteiger partial charge in [-0.25, -0.2) is 4.79 Å². The van der Waals surface area contributed by atoms with E-state index in [-0.39, 0.29) is 36.3 Å². The van der Waals surface area contributed by atoms with Gasteiger partial charge in [0.1, 0.15) is 0 Å². The number of carboxylic acids is 1. The number of amides is 2. The molecule has 108 valence electrons. The highest BCUT2D eigenvalue weighted by molar-refractivity contribution is 6.05. The van der Waals surface area contributed by atoms with E-state index in [9.17, 15) is 14.4 Å². The van der Waals surface area contributed by atoms with Crippen LogP contribution in [-0.4, -0.2) is 46.5 Å². The van der Waals surface area contributed by atoms with Crippen molar-refractivity contribution >= 4 is 17.8 Å². The second-order valence-electron chi connectivity index (χ2n) is 5.61. The van der Waals surface area contributed by atoms with E-state index >= 15 is 0 Å². The molecule has 3 aliphatic rings. The van der Waals surface area contributed by atoms with E-state index in [4.69, 9.17) is 9.84 Å². The van der Waals surface area contributed by atoms with Crippen molar-refractivity contribution in [3.05, 3.63) is 12.2 Å². The van der Waals surface area contributed by atoms with Gasteiger partial charge in [0.15, 0.2) is 6.10 Å². The van der Waals surface area contributed by atoms with Crippen molar-refractivity contribution in [2.45, 2.75) is 37.9 Å². The average Bonchev–Trinajstić information content (AvgIpc) is 3.00. The lowest BCUT2D eigenvalue weighted by atomic mass is 9.85. The molecule has 20 heavy (non-hydrogen) atoms. The van der Waals surface area contributed by atoms with Crippen molar-refractivity contribution in [1.82, 2.24) is 4.90 Å². The predicted molar refractivity (Wildman–Crippen MR) is 67.6 cm³/mol. The molecule has 0 aromatic carbocycles. The first-order valence-electron chi connectivity index (χ1n) is 6.96. The molecule has 3 rings (SSSR count). The van der Waals surface area contributed by atoms with Gasteiger partial charge < -0.3 is 9.84 Å². The number of carbonyl (C=O) groups is 3. The Bertz CT molecular complexity index is 460. The highest BCUT2D eigenvalue weighted by Gasteiger charge is 2.48. The fourth-order valence-corrected chi connectivity index (χ4v) is 3.27. The van der Waals surface area contributed by atoms with Crippen LogP contribution in [0.4, 0.5) is 0 Å². The minimum Gasteiger partial charge on any atom is -0.479 e. The molecule has 0 saturated carbocycles. The number of hydrogen-bond acceptors (Lipinski definition) is 4. The topological polar surface area (TPSA) is 83.9 Å². The molecule has 2 heterocycles. The summed E-state index contributed by atoms with van der Waals surface area (Å²) in [7, 11) is 0. The molecule has 6 heteroatoms. The van der Waals surface area contributed by atoms with E-state index in [0.29, 0.717) is 25.7 Å². The Balaban J connectivity index is 1.65. The fraction of sp³-hybridized carbons (Fsp3) is 0.643. The number of imide groups is 1. The summed E-state index contributed by atoms with van der Waals surface area (Å²) in [6, 6.07) is 0. The first-order valence-corrected chi connectivity index (χ1v) is 6.96. The van der Waals surface area contributed by atoms with Gasteiger partial charge in [0.2, 0.25) is 11.8 Å². The van der Waals surface area contributed by atoms with E-state index in [1.165, 1.54) is 4.90 Å². The predicted octanol–water partition coefficient (Wildman–Crippen LogP) is 0.570. The maximum atomic E-state index is 12.3. The molecular formula is C14H17NO5. The molecule has 1 N–H and O–H groups in total. The molecule has 2 unspecified atom stereocenters. The molecule has 2 saturated heterocycles. The molecule has 1 aliphatic carbocycles. The third-order valence-electron chi connectivity index (χ3n) is 4.37. The van der Waals surface area contributed by atoms with Crippen molar-refractivity contribution < 1.29 is 24.2 Å². The SMILES string of the molecule is O=C(O)C1CCC(CN2C(=O)[C@H]3CC=CC[C@H]3C2=O)O1. The van der Waals surface area contributed by atoms with Crippen molar-refractivity contribution in [2.75, 3.05) is 6.54 Å². The summed E-state index contributed by atoms with van der Waals surface area (Å²) in [5.74, 6) is -1.71. The van der Waals surface area contributed by atoms with Gasteiger partial charge in [0.25, 0.3) is 0 Å². The van der Waals surface area contributed by atoms with E-state index in [1.54, 1.807) is 0 Å². The lowest BCUT2D eigenvalue weighted by molar-refractivity contribution is -0.150. The largest absolute Gasteiger partial charge is 0.479 e. The number of carboxylic acid groups (broad SMARTS) is 1. The van der Waals surface area contributed by atoms with Crippen LogP contribution in [0.1, 0.15) is 25.7 Å². The number of nitrogens with zero attached hydrogens (tertiary/aromatic N) is 1. The van der Waals surface area contributed by atoms with Gasteiger partial charge in [-0.1, -0.05) is 12.2 Å². The van der Waals surface area contributed by atoms with E-state index in [0.717, 1.165) is 0 Å². The van der Waals surface area contributed by atoms with Crippen LogP contribution < -0.4 is 0 Å². The van der Waals surface area contributed by atoms with Crippen LogP contribution >= 0.6 is 0 Å². The summed E-state index contributed by atoms with van der Waals surface area (Å²) >= 11 is 0. The Labute approximate surface area is 116 Å². The summed E-state index contributed by atoms with van der Waals surface area (Å²) < 4.78 is 5.37. The van der Waals surface area contributed by atoms with Gasteiger partial charge in [-0.2, -0.15) is 0 Å². The second-order valence-corrected chi connectivity index (χ2v) is 5.61. The third-order valence-corrected chi connectivity index (χ3v) is 4.37. The number of allylic oxidation sites excluding steroid dienone is 2. The quantitative estimate of drug-likeness (QED) is 0.603. The third kappa shape index (κ3) is 2.14. The zero-order valence-corrected chi connectivity index (χ0v) is 11.0. The molecule has 0 aromatic rings. The molecule has 0 aromatic heterocycles. The molecule has 6 nitrogen and oxygen atoms in total. The normalized spacial score (nSPS) is 36.5.